The summed E-state index contributed by atoms with van der Waals surface area (Å²) in [4.78, 5) is 31.0. The molecule has 1 aromatic heterocycles. The van der Waals surface area contributed by atoms with Gasteiger partial charge in [0.15, 0.2) is 5.16 Å². The van der Waals surface area contributed by atoms with Crippen LogP contribution < -0.4 is 10.9 Å². The van der Waals surface area contributed by atoms with E-state index in [4.69, 9.17) is 0 Å². The van der Waals surface area contributed by atoms with Crippen molar-refractivity contribution < 1.29 is 14.0 Å². The Morgan fingerprint density at radius 3 is 2.62 bits per heavy atom. The molecule has 0 radical (unpaired) electrons. The summed E-state index contributed by atoms with van der Waals surface area (Å²) >= 11 is 1.20. The van der Waals surface area contributed by atoms with Gasteiger partial charge >= 0.3 is 0 Å². The zero-order chi connectivity index (χ0) is 16.9. The Morgan fingerprint density at radius 2 is 1.83 bits per heavy atom. The van der Waals surface area contributed by atoms with Crippen molar-refractivity contribution in [3.63, 3.8) is 0 Å². The highest BCUT2D eigenvalue weighted by Crippen LogP contribution is 2.18. The fourth-order valence-corrected chi connectivity index (χ4v) is 2.69. The normalized spacial score (nSPS) is 10.5. The highest BCUT2D eigenvalue weighted by atomic mass is 32.2. The first kappa shape index (κ1) is 16.0. The van der Waals surface area contributed by atoms with Crippen molar-refractivity contribution in [2.45, 2.75) is 5.16 Å². The lowest BCUT2D eigenvalue weighted by molar-refractivity contribution is -0.119. The molecule has 0 saturated carbocycles. The van der Waals surface area contributed by atoms with Gasteiger partial charge in [-0.05, 0) is 24.3 Å². The zero-order valence-corrected chi connectivity index (χ0v) is 13.2. The van der Waals surface area contributed by atoms with E-state index in [-0.39, 0.29) is 11.3 Å². The number of thioether (sulfide) groups is 1. The number of carbonyl (C=O) groups excluding carboxylic acids is 2. The van der Waals surface area contributed by atoms with E-state index in [1.807, 2.05) is 24.3 Å². The van der Waals surface area contributed by atoms with Crippen molar-refractivity contribution in [1.29, 1.82) is 0 Å². The smallest absolute Gasteiger partial charge is 0.272 e. The van der Waals surface area contributed by atoms with Crippen LogP contribution in [0, 0.1) is 5.82 Å². The number of aromatic nitrogens is 2. The maximum atomic E-state index is 13.4. The third kappa shape index (κ3) is 3.72. The van der Waals surface area contributed by atoms with Gasteiger partial charge in [-0.25, -0.2) is 9.37 Å². The van der Waals surface area contributed by atoms with Crippen molar-refractivity contribution in [2.24, 2.45) is 0 Å². The van der Waals surface area contributed by atoms with Gasteiger partial charge in [0.2, 0.25) is 5.91 Å². The number of benzene rings is 2. The van der Waals surface area contributed by atoms with Crippen LogP contribution in [0.2, 0.25) is 0 Å². The largest absolute Gasteiger partial charge is 0.333 e. The number of carbonyl (C=O) groups is 2. The summed E-state index contributed by atoms with van der Waals surface area (Å²) in [5, 5.41) is 0.604. The van der Waals surface area contributed by atoms with E-state index in [9.17, 15) is 14.0 Å². The molecule has 0 fully saturated rings. The molecular formula is C16H13FN4O2S. The summed E-state index contributed by atoms with van der Waals surface area (Å²) in [6.07, 6.45) is 0. The molecule has 1 heterocycles. The SMILES string of the molecule is O=C(CSc1nc2ccccc2[nH]1)NNC(=O)c1ccccc1F. The Morgan fingerprint density at radius 1 is 1.08 bits per heavy atom. The number of hydrogen-bond acceptors (Lipinski definition) is 4. The maximum absolute atomic E-state index is 13.4. The molecule has 0 spiro atoms. The molecule has 24 heavy (non-hydrogen) atoms. The molecular weight excluding hydrogens is 331 g/mol. The summed E-state index contributed by atoms with van der Waals surface area (Å²) in [6.45, 7) is 0. The summed E-state index contributed by atoms with van der Waals surface area (Å²) in [5.74, 6) is -1.74. The quantitative estimate of drug-likeness (QED) is 0.500. The molecule has 0 unspecified atom stereocenters. The molecule has 3 rings (SSSR count). The minimum absolute atomic E-state index is 0.0530. The van der Waals surface area contributed by atoms with Crippen molar-refractivity contribution in [2.75, 3.05) is 5.75 Å². The van der Waals surface area contributed by atoms with E-state index >= 15 is 0 Å². The van der Waals surface area contributed by atoms with E-state index in [2.05, 4.69) is 20.8 Å². The Labute approximate surface area is 140 Å². The average molecular weight is 344 g/mol. The highest BCUT2D eigenvalue weighted by Gasteiger charge is 2.12. The van der Waals surface area contributed by atoms with Crippen molar-refractivity contribution in [1.82, 2.24) is 20.8 Å². The minimum atomic E-state index is -0.713. The third-order valence-corrected chi connectivity index (χ3v) is 4.01. The van der Waals surface area contributed by atoms with Gasteiger partial charge in [-0.1, -0.05) is 36.0 Å². The molecule has 0 bridgehead atoms. The average Bonchev–Trinajstić information content (AvgIpc) is 3.01. The van der Waals surface area contributed by atoms with E-state index in [1.165, 1.54) is 36.0 Å². The zero-order valence-electron chi connectivity index (χ0n) is 12.4. The lowest BCUT2D eigenvalue weighted by Crippen LogP contribution is -2.42. The fraction of sp³-hybridized carbons (Fsp3) is 0.0625. The molecule has 0 aliphatic carbocycles. The number of halogens is 1. The van der Waals surface area contributed by atoms with Gasteiger partial charge in [0.1, 0.15) is 5.82 Å². The molecule has 8 heteroatoms. The van der Waals surface area contributed by atoms with Gasteiger partial charge in [-0.3, -0.25) is 20.4 Å². The summed E-state index contributed by atoms with van der Waals surface area (Å²) in [7, 11) is 0. The Balaban J connectivity index is 1.51. The lowest BCUT2D eigenvalue weighted by atomic mass is 10.2. The first-order valence-electron chi connectivity index (χ1n) is 7.05. The van der Waals surface area contributed by atoms with E-state index < -0.39 is 17.6 Å². The first-order chi connectivity index (χ1) is 11.6. The number of nitrogens with zero attached hydrogens (tertiary/aromatic N) is 1. The van der Waals surface area contributed by atoms with Crippen molar-refractivity contribution >= 4 is 34.6 Å². The molecule has 0 aliphatic heterocycles. The van der Waals surface area contributed by atoms with Gasteiger partial charge < -0.3 is 4.98 Å². The molecule has 0 aliphatic rings. The van der Waals surface area contributed by atoms with Gasteiger partial charge in [-0.15, -0.1) is 0 Å². The molecule has 3 N–H and O–H groups in total. The number of amides is 2. The predicted octanol–water partition coefficient (Wildman–Crippen LogP) is 2.26. The number of rotatable bonds is 4. The second kappa shape index (κ2) is 7.14. The van der Waals surface area contributed by atoms with Gasteiger partial charge in [-0.2, -0.15) is 0 Å². The highest BCUT2D eigenvalue weighted by molar-refractivity contribution is 7.99. The standard InChI is InChI=1S/C16H13FN4O2S/c17-11-6-2-1-5-10(11)15(23)21-20-14(22)9-24-16-18-12-7-3-4-8-13(12)19-16/h1-8H,9H2,(H,18,19)(H,20,22)(H,21,23). The van der Waals surface area contributed by atoms with Crippen LogP contribution in [-0.2, 0) is 4.79 Å². The van der Waals surface area contributed by atoms with Crippen LogP contribution in [0.1, 0.15) is 10.4 Å². The molecule has 2 aromatic carbocycles. The van der Waals surface area contributed by atoms with Crippen LogP contribution in [0.15, 0.2) is 53.7 Å². The van der Waals surface area contributed by atoms with Crippen LogP contribution in [-0.4, -0.2) is 27.5 Å². The van der Waals surface area contributed by atoms with Crippen molar-refractivity contribution in [3.8, 4) is 0 Å². The molecule has 122 valence electrons. The third-order valence-electron chi connectivity index (χ3n) is 3.14. The molecule has 3 aromatic rings. The molecule has 2 amide bonds. The van der Waals surface area contributed by atoms with Crippen LogP contribution in [0.5, 0.6) is 0 Å². The Bertz CT molecular complexity index is 863. The maximum Gasteiger partial charge on any atom is 0.272 e. The number of nitrogens with one attached hydrogen (secondary N) is 3. The van der Waals surface area contributed by atoms with Crippen molar-refractivity contribution in [3.05, 3.63) is 59.9 Å². The second-order valence-corrected chi connectivity index (χ2v) is 5.79. The Hall–Kier alpha value is -2.87. The number of fused-ring (bicyclic) bond motifs is 1. The van der Waals surface area contributed by atoms with Crippen LogP contribution in [0.4, 0.5) is 4.39 Å². The predicted molar refractivity (Wildman–Crippen MR) is 88.8 cm³/mol. The Kier molecular flexibility index (Phi) is 4.76. The van der Waals surface area contributed by atoms with Gasteiger partial charge in [0.25, 0.3) is 5.91 Å². The fourth-order valence-electron chi connectivity index (χ4n) is 2.01. The topological polar surface area (TPSA) is 86.9 Å². The van der Waals surface area contributed by atoms with E-state index in [0.29, 0.717) is 5.16 Å². The van der Waals surface area contributed by atoms with Crippen LogP contribution in [0.25, 0.3) is 11.0 Å². The number of hydrazine groups is 1. The number of hydrogen-bond donors (Lipinski definition) is 3. The number of H-pyrrole nitrogens is 1. The van der Waals surface area contributed by atoms with Crippen LogP contribution >= 0.6 is 11.8 Å². The molecule has 6 nitrogen and oxygen atoms in total. The second-order valence-electron chi connectivity index (χ2n) is 4.83. The monoisotopic (exact) mass is 344 g/mol. The minimum Gasteiger partial charge on any atom is -0.333 e. The van der Waals surface area contributed by atoms with Gasteiger partial charge in [0, 0.05) is 0 Å². The summed E-state index contributed by atoms with van der Waals surface area (Å²) in [6, 6.07) is 13.0. The number of imidazole rings is 1. The summed E-state index contributed by atoms with van der Waals surface area (Å²) in [5.41, 5.74) is 5.98. The molecule has 0 saturated heterocycles. The van der Waals surface area contributed by atoms with E-state index in [1.54, 1.807) is 0 Å². The summed E-state index contributed by atoms with van der Waals surface area (Å²) < 4.78 is 13.4. The molecule has 0 atom stereocenters. The van der Waals surface area contributed by atoms with Gasteiger partial charge in [0.05, 0.1) is 22.3 Å². The first-order valence-corrected chi connectivity index (χ1v) is 8.03. The number of para-hydroxylation sites is 2. The number of aromatic amines is 1. The van der Waals surface area contributed by atoms with E-state index in [0.717, 1.165) is 11.0 Å². The lowest BCUT2D eigenvalue weighted by Gasteiger charge is -2.07. The van der Waals surface area contributed by atoms with Crippen LogP contribution in [0.3, 0.4) is 0 Å².